The Hall–Kier alpha value is -1.67. The zero-order chi connectivity index (χ0) is 15.0. The Morgan fingerprint density at radius 2 is 1.95 bits per heavy atom. The maximum absolute atomic E-state index is 10.8. The summed E-state index contributed by atoms with van der Waals surface area (Å²) >= 11 is 7.54. The first-order valence-corrected chi connectivity index (χ1v) is 8.46. The van der Waals surface area contributed by atoms with Crippen LogP contribution >= 0.6 is 22.9 Å². The van der Waals surface area contributed by atoms with Crippen molar-refractivity contribution in [3.63, 3.8) is 0 Å². The van der Waals surface area contributed by atoms with Gasteiger partial charge in [0.1, 0.15) is 5.01 Å². The van der Waals surface area contributed by atoms with E-state index in [1.165, 1.54) is 17.4 Å². The van der Waals surface area contributed by atoms with Crippen LogP contribution < -0.4 is 4.72 Å². The SMILES string of the molecule is O=S(=O)(O)Nc1ccc(-c2nc3ccccc3s2)cc1Cl. The molecule has 0 radical (unpaired) electrons. The lowest BCUT2D eigenvalue weighted by Crippen LogP contribution is -2.10. The monoisotopic (exact) mass is 340 g/mol. The van der Waals surface area contributed by atoms with Crippen molar-refractivity contribution in [2.24, 2.45) is 0 Å². The van der Waals surface area contributed by atoms with Crippen LogP contribution in [0.2, 0.25) is 5.02 Å². The average Bonchev–Trinajstić information content (AvgIpc) is 2.83. The molecule has 0 fully saturated rings. The zero-order valence-electron chi connectivity index (χ0n) is 10.4. The van der Waals surface area contributed by atoms with Gasteiger partial charge in [-0.05, 0) is 30.3 Å². The molecule has 0 unspecified atom stereocenters. The van der Waals surface area contributed by atoms with Gasteiger partial charge in [-0.15, -0.1) is 11.3 Å². The number of para-hydroxylation sites is 1. The van der Waals surface area contributed by atoms with Crippen LogP contribution in [0.3, 0.4) is 0 Å². The molecule has 1 heterocycles. The molecule has 108 valence electrons. The first-order chi connectivity index (χ1) is 9.92. The Bertz CT molecular complexity index is 889. The van der Waals surface area contributed by atoms with Gasteiger partial charge in [-0.3, -0.25) is 9.27 Å². The summed E-state index contributed by atoms with van der Waals surface area (Å²) < 4.78 is 33.4. The van der Waals surface area contributed by atoms with Crippen LogP contribution in [0.25, 0.3) is 20.8 Å². The van der Waals surface area contributed by atoms with Crippen molar-refractivity contribution in [3.8, 4) is 10.6 Å². The van der Waals surface area contributed by atoms with E-state index in [0.29, 0.717) is 0 Å². The average molecular weight is 341 g/mol. The molecular formula is C13H9ClN2O3S2. The molecular weight excluding hydrogens is 332 g/mol. The van der Waals surface area contributed by atoms with Gasteiger partial charge in [0.25, 0.3) is 0 Å². The van der Waals surface area contributed by atoms with Gasteiger partial charge in [0.05, 0.1) is 20.9 Å². The lowest BCUT2D eigenvalue weighted by Gasteiger charge is -2.06. The first kappa shape index (κ1) is 14.3. The summed E-state index contributed by atoms with van der Waals surface area (Å²) in [7, 11) is -4.35. The summed E-state index contributed by atoms with van der Waals surface area (Å²) in [4.78, 5) is 4.50. The number of benzene rings is 2. The van der Waals surface area contributed by atoms with Crippen molar-refractivity contribution in [2.75, 3.05) is 4.72 Å². The summed E-state index contributed by atoms with van der Waals surface area (Å²) in [5, 5.41) is 0.973. The highest BCUT2D eigenvalue weighted by Crippen LogP contribution is 2.33. The third kappa shape index (κ3) is 3.16. The highest BCUT2D eigenvalue weighted by molar-refractivity contribution is 7.87. The standard InChI is InChI=1S/C13H9ClN2O3S2/c14-9-7-8(5-6-10(9)16-21(17,18)19)13-15-11-3-1-2-4-12(11)20-13/h1-7,16H,(H,17,18,19). The minimum atomic E-state index is -4.35. The number of anilines is 1. The van der Waals surface area contributed by atoms with Gasteiger partial charge in [-0.1, -0.05) is 23.7 Å². The van der Waals surface area contributed by atoms with Crippen LogP contribution in [0.5, 0.6) is 0 Å². The normalized spacial score (nSPS) is 11.7. The van der Waals surface area contributed by atoms with E-state index in [2.05, 4.69) is 4.98 Å². The van der Waals surface area contributed by atoms with Crippen LogP contribution in [0.1, 0.15) is 0 Å². The number of rotatable bonds is 3. The summed E-state index contributed by atoms with van der Waals surface area (Å²) in [6.07, 6.45) is 0. The molecule has 2 N–H and O–H groups in total. The Labute approximate surface area is 130 Å². The quantitative estimate of drug-likeness (QED) is 0.710. The Morgan fingerprint density at radius 1 is 1.19 bits per heavy atom. The van der Waals surface area contributed by atoms with Crippen molar-refractivity contribution < 1.29 is 13.0 Å². The number of fused-ring (bicyclic) bond motifs is 1. The van der Waals surface area contributed by atoms with Gasteiger partial charge in [0.2, 0.25) is 0 Å². The van der Waals surface area contributed by atoms with Crippen molar-refractivity contribution in [2.45, 2.75) is 0 Å². The molecule has 8 heteroatoms. The van der Waals surface area contributed by atoms with Gasteiger partial charge in [-0.2, -0.15) is 8.42 Å². The Morgan fingerprint density at radius 3 is 2.62 bits per heavy atom. The van der Waals surface area contributed by atoms with E-state index in [1.54, 1.807) is 12.1 Å². The van der Waals surface area contributed by atoms with Crippen molar-refractivity contribution >= 4 is 49.1 Å². The Balaban J connectivity index is 2.01. The molecule has 0 saturated carbocycles. The number of thiazole rings is 1. The second kappa shape index (κ2) is 5.27. The molecule has 0 bridgehead atoms. The third-order valence-electron chi connectivity index (χ3n) is 2.75. The van der Waals surface area contributed by atoms with Crippen molar-refractivity contribution in [3.05, 3.63) is 47.5 Å². The summed E-state index contributed by atoms with van der Waals surface area (Å²) in [6.45, 7) is 0. The predicted octanol–water partition coefficient (Wildman–Crippen LogP) is 3.83. The Kier molecular flexibility index (Phi) is 3.58. The van der Waals surface area contributed by atoms with E-state index >= 15 is 0 Å². The number of halogens is 1. The topological polar surface area (TPSA) is 79.3 Å². The fourth-order valence-electron chi connectivity index (χ4n) is 1.87. The largest absolute Gasteiger partial charge is 0.357 e. The molecule has 0 atom stereocenters. The molecule has 2 aromatic carbocycles. The van der Waals surface area contributed by atoms with Crippen LogP contribution in [0.4, 0.5) is 5.69 Å². The molecule has 0 saturated heterocycles. The van der Waals surface area contributed by atoms with E-state index in [9.17, 15) is 8.42 Å². The number of aromatic nitrogens is 1. The number of nitrogens with zero attached hydrogens (tertiary/aromatic N) is 1. The summed E-state index contributed by atoms with van der Waals surface area (Å²) in [6, 6.07) is 12.5. The smallest absolute Gasteiger partial charge is 0.269 e. The van der Waals surface area contributed by atoms with E-state index in [-0.39, 0.29) is 10.7 Å². The minimum Gasteiger partial charge on any atom is -0.269 e. The molecule has 0 spiro atoms. The molecule has 0 aliphatic carbocycles. The maximum Gasteiger partial charge on any atom is 0.357 e. The molecule has 21 heavy (non-hydrogen) atoms. The van der Waals surface area contributed by atoms with E-state index in [4.69, 9.17) is 16.2 Å². The third-order valence-corrected chi connectivity index (χ3v) is 4.62. The van der Waals surface area contributed by atoms with Crippen molar-refractivity contribution in [1.82, 2.24) is 4.98 Å². The molecule has 0 amide bonds. The predicted molar refractivity (Wildman–Crippen MR) is 85.2 cm³/mol. The van der Waals surface area contributed by atoms with Gasteiger partial charge in [0.15, 0.2) is 0 Å². The first-order valence-electron chi connectivity index (χ1n) is 5.83. The highest BCUT2D eigenvalue weighted by atomic mass is 35.5. The fourth-order valence-corrected chi connectivity index (χ4v) is 3.57. The van der Waals surface area contributed by atoms with E-state index in [1.807, 2.05) is 29.0 Å². The second-order valence-electron chi connectivity index (χ2n) is 4.26. The number of hydrogen-bond donors (Lipinski definition) is 2. The lowest BCUT2D eigenvalue weighted by atomic mass is 10.2. The van der Waals surface area contributed by atoms with Gasteiger partial charge in [-0.25, -0.2) is 4.98 Å². The van der Waals surface area contributed by atoms with Gasteiger partial charge >= 0.3 is 10.3 Å². The van der Waals surface area contributed by atoms with Crippen LogP contribution in [0, 0.1) is 0 Å². The highest BCUT2D eigenvalue weighted by Gasteiger charge is 2.11. The number of nitrogens with one attached hydrogen (secondary N) is 1. The van der Waals surface area contributed by atoms with Crippen LogP contribution in [0.15, 0.2) is 42.5 Å². The maximum atomic E-state index is 10.8. The van der Waals surface area contributed by atoms with Gasteiger partial charge < -0.3 is 0 Å². The molecule has 3 rings (SSSR count). The molecule has 1 aromatic heterocycles. The summed E-state index contributed by atoms with van der Waals surface area (Å²) in [5.74, 6) is 0. The van der Waals surface area contributed by atoms with E-state index in [0.717, 1.165) is 20.8 Å². The molecule has 5 nitrogen and oxygen atoms in total. The molecule has 3 aromatic rings. The zero-order valence-corrected chi connectivity index (χ0v) is 12.8. The van der Waals surface area contributed by atoms with E-state index < -0.39 is 10.3 Å². The fraction of sp³-hybridized carbons (Fsp3) is 0. The molecule has 0 aliphatic heterocycles. The second-order valence-corrected chi connectivity index (χ2v) is 6.85. The lowest BCUT2D eigenvalue weighted by molar-refractivity contribution is 0.489. The number of hydrogen-bond acceptors (Lipinski definition) is 4. The van der Waals surface area contributed by atoms with Gasteiger partial charge in [0, 0.05) is 5.56 Å². The van der Waals surface area contributed by atoms with Crippen LogP contribution in [-0.4, -0.2) is 18.0 Å². The molecule has 0 aliphatic rings. The summed E-state index contributed by atoms with van der Waals surface area (Å²) in [5.41, 5.74) is 1.79. The van der Waals surface area contributed by atoms with Crippen molar-refractivity contribution in [1.29, 1.82) is 0 Å². The van der Waals surface area contributed by atoms with Crippen LogP contribution in [-0.2, 0) is 10.3 Å². The minimum absolute atomic E-state index is 0.115.